The molecule has 0 spiro atoms. The maximum absolute atomic E-state index is 14.2. The van der Waals surface area contributed by atoms with E-state index in [1.54, 1.807) is 17.5 Å². The number of carboxylic acids is 1. The van der Waals surface area contributed by atoms with Crippen LogP contribution in [0.4, 0.5) is 70.2 Å². The first-order valence-corrected chi connectivity index (χ1v) is 33.9. The first-order valence-electron chi connectivity index (χ1n) is 21.5. The second-order valence-electron chi connectivity index (χ2n) is 14.6. The molecule has 4 heterocycles. The fourth-order valence-electron chi connectivity index (χ4n) is 5.03. The number of halogens is 18. The molecule has 7 aromatic rings. The third kappa shape index (κ3) is 27.3. The lowest BCUT2D eigenvalue weighted by Gasteiger charge is -2.17. The number of alkyl halides is 8. The number of carbonyl (C=O) groups is 1. The van der Waals surface area contributed by atoms with Crippen LogP contribution in [-0.4, -0.2) is 80.3 Å². The second-order valence-corrected chi connectivity index (χ2v) is 23.6. The molecule has 0 atom stereocenters. The van der Waals surface area contributed by atoms with Gasteiger partial charge in [-0.2, -0.15) is 68.8 Å². The molecule has 0 saturated carbocycles. The maximum Gasteiger partial charge on any atom is 0.522 e. The quantitative estimate of drug-likeness (QED) is 0.0177. The van der Waals surface area contributed by atoms with E-state index >= 15 is 0 Å². The Morgan fingerprint density at radius 2 is 1.08 bits per heavy atom. The number of hydrogen-bond acceptors (Lipinski definition) is 14. The molecule has 1 aliphatic heterocycles. The van der Waals surface area contributed by atoms with Gasteiger partial charge in [0.05, 0.1) is 4.88 Å². The molecule has 1 aliphatic rings. The third-order valence-corrected chi connectivity index (χ3v) is 16.0. The molecule has 0 amide bonds. The molecule has 10 nitrogen and oxygen atoms in total. The molecule has 0 radical (unpaired) electrons. The number of phenolic OH excluding ortho intramolecular Hbond substituents is 1. The van der Waals surface area contributed by atoms with E-state index in [0.717, 1.165) is 59.6 Å². The summed E-state index contributed by atoms with van der Waals surface area (Å²) in [6.45, 7) is 0. The van der Waals surface area contributed by atoms with Crippen molar-refractivity contribution in [2.75, 3.05) is 23.0 Å². The lowest BCUT2D eigenvalue weighted by Crippen LogP contribution is -2.21. The largest absolute Gasteiger partial charge is 0.741 e. The number of rotatable bonds is 9. The summed E-state index contributed by atoms with van der Waals surface area (Å²) in [4.78, 5) is 11.6. The van der Waals surface area contributed by atoms with Crippen LogP contribution >= 0.6 is 99.3 Å². The molecule has 4 aromatic carbocycles. The minimum absolute atomic E-state index is 0.124. The van der Waals surface area contributed by atoms with Crippen LogP contribution in [0.1, 0.15) is 32.3 Å². The van der Waals surface area contributed by atoms with E-state index < -0.39 is 95.6 Å². The first kappa shape index (κ1) is 77.9. The zero-order chi connectivity index (χ0) is 64.4. The number of carboxylic acid groups (broad SMARTS) is 1. The van der Waals surface area contributed by atoms with Gasteiger partial charge in [0.1, 0.15) is 32.9 Å². The molecular formula is C47H36Br2F16O10S9. The van der Waals surface area contributed by atoms with Crippen LogP contribution in [0.25, 0.3) is 22.3 Å². The average Bonchev–Trinajstić information content (AvgIpc) is 3.77. The Morgan fingerprint density at radius 3 is 1.40 bits per heavy atom. The second kappa shape index (κ2) is 36.9. The summed E-state index contributed by atoms with van der Waals surface area (Å²) in [5, 5.41) is 22.6. The molecule has 37 heteroatoms. The standard InChI is InChI=1S/C17H8F6OS.C12H6F4O.C8H9S3.C5H4O2S.C3H8S2.2CHF3O3S.Br2/c18-12-8-10(24-17(22,23)15-2-1-5-25-15)3-4-11(12)9-6-13(19)16(21)14(20)7-9;13-9-5-7(17)1-2-8(9)6-3-10(14)12(16)11(15)4-6;1-3-7(9-4-1)8-10-5-2-6-11-8;6-5(7)4-2-1-3-8-4;4-2-1-3-5;2*2-1(3,4)8(5,6)7;1-2/h1-8H;1-5,17H;1,3-4H,2,5-6H2;1-3H,(H,6,7);4-5H,1-3H2;2*(H,5,6,7);/q;;+1;;;;;/p-1. The van der Waals surface area contributed by atoms with E-state index in [1.807, 2.05) is 34.4 Å². The molecule has 0 fully saturated rings. The molecule has 0 saturated heterocycles. The van der Waals surface area contributed by atoms with E-state index in [-0.39, 0.29) is 32.9 Å². The molecule has 0 unspecified atom stereocenters. The molecule has 0 aliphatic carbocycles. The van der Waals surface area contributed by atoms with Crippen LogP contribution in [0.3, 0.4) is 0 Å². The summed E-state index contributed by atoms with van der Waals surface area (Å²) in [6.07, 6.45) is -1.17. The van der Waals surface area contributed by atoms with Crippen molar-refractivity contribution in [1.82, 2.24) is 0 Å². The molecule has 464 valence electrons. The number of aromatic hydroxyl groups is 1. The number of benzene rings is 4. The van der Waals surface area contributed by atoms with Gasteiger partial charge in [0.2, 0.25) is 0 Å². The Bertz CT molecular complexity index is 3310. The van der Waals surface area contributed by atoms with Gasteiger partial charge in [-0.1, -0.05) is 30.0 Å². The normalized spacial score (nSPS) is 12.0. The number of phenols is 1. The van der Waals surface area contributed by atoms with E-state index in [0.29, 0.717) is 35.2 Å². The minimum Gasteiger partial charge on any atom is -0.741 e. The van der Waals surface area contributed by atoms with Gasteiger partial charge in [0, 0.05) is 63.7 Å². The van der Waals surface area contributed by atoms with E-state index in [4.69, 9.17) is 36.2 Å². The molecule has 84 heavy (non-hydrogen) atoms. The van der Waals surface area contributed by atoms with Crippen molar-refractivity contribution < 1.29 is 116 Å². The summed E-state index contributed by atoms with van der Waals surface area (Å²) in [5.41, 5.74) is -12.0. The lowest BCUT2D eigenvalue weighted by atomic mass is 10.0. The monoisotopic (exact) mass is 1510 g/mol. The minimum atomic E-state index is -6.09. The predicted octanol–water partition coefficient (Wildman–Crippen LogP) is 17.0. The zero-order valence-electron chi connectivity index (χ0n) is 41.0. The maximum atomic E-state index is 14.2. The van der Waals surface area contributed by atoms with E-state index in [1.165, 1.54) is 55.8 Å². The summed E-state index contributed by atoms with van der Waals surface area (Å²) in [6, 6.07) is 18.6. The Balaban J connectivity index is 0.000000522. The highest BCUT2D eigenvalue weighted by Crippen LogP contribution is 2.37. The number of aromatic carboxylic acids is 1. The van der Waals surface area contributed by atoms with Crippen LogP contribution in [0.5, 0.6) is 11.5 Å². The fourth-order valence-corrected chi connectivity index (χ4v) is 10.4. The van der Waals surface area contributed by atoms with Crippen molar-refractivity contribution in [1.29, 1.82) is 0 Å². The molecule has 3 N–H and O–H groups in total. The highest BCUT2D eigenvalue weighted by molar-refractivity contribution is 9.93. The molecule has 8 rings (SSSR count). The Morgan fingerprint density at radius 1 is 0.643 bits per heavy atom. The fraction of sp³-hybridized carbons (Fsp3) is 0.191. The highest BCUT2D eigenvalue weighted by Gasteiger charge is 2.44. The van der Waals surface area contributed by atoms with Crippen LogP contribution in [0.2, 0.25) is 0 Å². The van der Waals surface area contributed by atoms with Gasteiger partial charge in [-0.05, 0) is 112 Å². The van der Waals surface area contributed by atoms with Crippen molar-refractivity contribution in [3.8, 4) is 33.8 Å². The van der Waals surface area contributed by atoms with Crippen LogP contribution in [-0.2, 0) is 37.7 Å². The van der Waals surface area contributed by atoms with Gasteiger partial charge in [-0.25, -0.2) is 48.3 Å². The molecule has 0 bridgehead atoms. The number of hydrogen-bond donors (Lipinski definition) is 5. The van der Waals surface area contributed by atoms with Gasteiger partial charge in [0.15, 0.2) is 62.1 Å². The summed E-state index contributed by atoms with van der Waals surface area (Å²) >= 11 is 21.3. The number of thioether (sulfide) groups is 1. The average molecular weight is 1510 g/mol. The smallest absolute Gasteiger partial charge is 0.522 e. The molecule has 3 aromatic heterocycles. The third-order valence-electron chi connectivity index (χ3n) is 8.64. The van der Waals surface area contributed by atoms with Crippen molar-refractivity contribution in [2.45, 2.75) is 30.0 Å². The number of thiophene rings is 3. The van der Waals surface area contributed by atoms with E-state index in [2.05, 4.69) is 75.8 Å². The Hall–Kier alpha value is -4.15. The van der Waals surface area contributed by atoms with Gasteiger partial charge in [-0.3, -0.25) is 4.55 Å². The SMILES string of the molecule is BrBr.Fc1cc(OC(F)(F)c2cccs2)ccc1-c1cc(F)c(F)c(F)c1.O=C(O)c1cccs1.O=S(=O)(O)C(F)(F)F.O=S(=O)([O-])C(F)(F)F.Oc1ccc(-c2cc(F)c(F)c(F)c2)c(F)c1.SCCCS.c1csc(C2=[S+]CCCS2)c1. The predicted molar refractivity (Wildman–Crippen MR) is 306 cm³/mol. The topological polar surface area (TPSA) is 178 Å². The zero-order valence-corrected chi connectivity index (χ0v) is 51.6. The van der Waals surface area contributed by atoms with Crippen molar-refractivity contribution in [3.63, 3.8) is 0 Å². The van der Waals surface area contributed by atoms with Crippen molar-refractivity contribution in [3.05, 3.63) is 174 Å². The lowest BCUT2D eigenvalue weighted by molar-refractivity contribution is -0.182. The van der Waals surface area contributed by atoms with Crippen molar-refractivity contribution in [2.24, 2.45) is 0 Å². The summed E-state index contributed by atoms with van der Waals surface area (Å²) in [7, 11) is -11.9. The summed E-state index contributed by atoms with van der Waals surface area (Å²) < 4.78 is 256. The van der Waals surface area contributed by atoms with E-state index in [9.17, 15) is 75.0 Å². The Labute approximate surface area is 514 Å². The van der Waals surface area contributed by atoms with Crippen molar-refractivity contribution >= 4 is 141 Å². The van der Waals surface area contributed by atoms with Crippen LogP contribution in [0.15, 0.2) is 113 Å². The van der Waals surface area contributed by atoms with Gasteiger partial charge >= 0.3 is 33.2 Å². The first-order chi connectivity index (χ1) is 38.9. The summed E-state index contributed by atoms with van der Waals surface area (Å²) in [5.74, 6) is -8.05. The van der Waals surface area contributed by atoms with Gasteiger partial charge in [0.25, 0.3) is 4.20 Å². The van der Waals surface area contributed by atoms with Crippen LogP contribution < -0.4 is 4.74 Å². The number of ether oxygens (including phenoxy) is 1. The van der Waals surface area contributed by atoms with Gasteiger partial charge in [-0.15, -0.1) is 34.0 Å². The Kier molecular flexibility index (Phi) is 34.2. The molecular weight excluding hydrogens is 1480 g/mol. The van der Waals surface area contributed by atoms with Crippen LogP contribution in [0, 0.1) is 46.5 Å². The van der Waals surface area contributed by atoms with Gasteiger partial charge < -0.3 is 19.5 Å². The highest BCUT2D eigenvalue weighted by atomic mass is 80.9. The number of thiol groups is 2.